The molecule has 2 aliphatic heterocycles. The smallest absolute Gasteiger partial charge is 0.123 e. The van der Waals surface area contributed by atoms with E-state index in [0.29, 0.717) is 6.04 Å². The van der Waals surface area contributed by atoms with Crippen LogP contribution in [-0.2, 0) is 0 Å². The lowest BCUT2D eigenvalue weighted by molar-refractivity contribution is 0.133. The van der Waals surface area contributed by atoms with Gasteiger partial charge in [-0.3, -0.25) is 4.68 Å². The second-order valence-corrected chi connectivity index (χ2v) is 8.55. The highest BCUT2D eigenvalue weighted by Gasteiger charge is 2.39. The number of hydrogen-bond donors (Lipinski definition) is 0. The number of aromatic nitrogens is 3. The van der Waals surface area contributed by atoms with Crippen molar-refractivity contribution in [2.75, 3.05) is 7.05 Å². The van der Waals surface area contributed by atoms with Crippen molar-refractivity contribution in [3.63, 3.8) is 0 Å². The maximum atomic E-state index is 4.76. The number of thiazole rings is 1. The Morgan fingerprint density at radius 3 is 2.58 bits per heavy atom. The fraction of sp³-hybridized carbons (Fsp3) is 0.474. The molecule has 0 N–H and O–H groups in total. The van der Waals surface area contributed by atoms with Gasteiger partial charge in [0, 0.05) is 34.1 Å². The van der Waals surface area contributed by atoms with Crippen molar-refractivity contribution in [3.05, 3.63) is 35.5 Å². The van der Waals surface area contributed by atoms with E-state index in [4.69, 9.17) is 5.10 Å². The molecular formula is C19H22N4S. The minimum Gasteiger partial charge on any atom is -0.300 e. The average molecular weight is 338 g/mol. The molecule has 0 aliphatic carbocycles. The first kappa shape index (κ1) is 14.6. The lowest BCUT2D eigenvalue weighted by Gasteiger charge is -2.36. The van der Waals surface area contributed by atoms with Crippen LogP contribution in [0.15, 0.2) is 30.6 Å². The number of benzene rings is 1. The fourth-order valence-corrected chi connectivity index (χ4v) is 5.29. The topological polar surface area (TPSA) is 34.0 Å². The molecule has 3 aromatic rings. The first-order valence-electron chi connectivity index (χ1n) is 8.81. The van der Waals surface area contributed by atoms with Crippen LogP contribution in [0.1, 0.15) is 36.6 Å². The van der Waals surface area contributed by atoms with Gasteiger partial charge < -0.3 is 4.90 Å². The molecule has 2 unspecified atom stereocenters. The number of nitrogens with zero attached hydrogens (tertiary/aromatic N) is 4. The Labute approximate surface area is 146 Å². The standard InChI is InChI=1S/C19H22N4S/c1-12-10-20-19(24-12)13-3-4-14-11-21-23(18(14)7-13)17-8-15-5-6-16(9-17)22(15)2/h3-4,7,10-11,15-17H,5-6,8-9H2,1-2H3. The summed E-state index contributed by atoms with van der Waals surface area (Å²) in [6, 6.07) is 8.64. The average Bonchev–Trinajstić information content (AvgIpc) is 3.24. The van der Waals surface area contributed by atoms with Crippen LogP contribution >= 0.6 is 11.3 Å². The van der Waals surface area contributed by atoms with Gasteiger partial charge in [0.25, 0.3) is 0 Å². The lowest BCUT2D eigenvalue weighted by atomic mass is 9.98. The molecule has 24 heavy (non-hydrogen) atoms. The summed E-state index contributed by atoms with van der Waals surface area (Å²) in [6.07, 6.45) is 9.12. The molecule has 2 aromatic heterocycles. The third kappa shape index (κ3) is 2.22. The molecule has 124 valence electrons. The summed E-state index contributed by atoms with van der Waals surface area (Å²) in [7, 11) is 2.29. The van der Waals surface area contributed by atoms with E-state index in [0.717, 1.165) is 17.1 Å². The van der Waals surface area contributed by atoms with Crippen LogP contribution in [0, 0.1) is 6.92 Å². The van der Waals surface area contributed by atoms with E-state index in [9.17, 15) is 0 Å². The van der Waals surface area contributed by atoms with Gasteiger partial charge in [0.15, 0.2) is 0 Å². The largest absolute Gasteiger partial charge is 0.300 e. The van der Waals surface area contributed by atoms with Crippen LogP contribution in [0.5, 0.6) is 0 Å². The predicted molar refractivity (Wildman–Crippen MR) is 98.4 cm³/mol. The molecule has 1 aromatic carbocycles. The van der Waals surface area contributed by atoms with Crippen molar-refractivity contribution >= 4 is 22.2 Å². The van der Waals surface area contributed by atoms with Gasteiger partial charge >= 0.3 is 0 Å². The highest BCUT2D eigenvalue weighted by Crippen LogP contribution is 2.40. The van der Waals surface area contributed by atoms with Gasteiger partial charge in [-0.1, -0.05) is 12.1 Å². The van der Waals surface area contributed by atoms with Gasteiger partial charge in [-0.25, -0.2) is 4.98 Å². The Kier molecular flexibility index (Phi) is 3.28. The van der Waals surface area contributed by atoms with E-state index in [-0.39, 0.29) is 0 Å². The van der Waals surface area contributed by atoms with Crippen LogP contribution in [-0.4, -0.2) is 38.8 Å². The van der Waals surface area contributed by atoms with Gasteiger partial charge in [-0.15, -0.1) is 11.3 Å². The molecule has 5 rings (SSSR count). The summed E-state index contributed by atoms with van der Waals surface area (Å²) in [5, 5.41) is 7.10. The zero-order chi connectivity index (χ0) is 16.3. The molecule has 4 heterocycles. The van der Waals surface area contributed by atoms with E-state index in [2.05, 4.69) is 46.7 Å². The van der Waals surface area contributed by atoms with Crippen molar-refractivity contribution < 1.29 is 0 Å². The third-order valence-corrected chi connectivity index (χ3v) is 6.85. The number of rotatable bonds is 2. The summed E-state index contributed by atoms with van der Waals surface area (Å²) >= 11 is 1.76. The van der Waals surface area contributed by atoms with Gasteiger partial charge in [0.2, 0.25) is 0 Å². The van der Waals surface area contributed by atoms with Gasteiger partial charge in [0.05, 0.1) is 17.8 Å². The van der Waals surface area contributed by atoms with Crippen molar-refractivity contribution in [1.82, 2.24) is 19.7 Å². The summed E-state index contributed by atoms with van der Waals surface area (Å²) < 4.78 is 2.29. The first-order valence-corrected chi connectivity index (χ1v) is 9.63. The molecular weight excluding hydrogens is 316 g/mol. The maximum absolute atomic E-state index is 4.76. The highest BCUT2D eigenvalue weighted by atomic mass is 32.1. The molecule has 0 spiro atoms. The lowest BCUT2D eigenvalue weighted by Crippen LogP contribution is -2.40. The van der Waals surface area contributed by atoms with Crippen LogP contribution < -0.4 is 0 Å². The van der Waals surface area contributed by atoms with Crippen LogP contribution in [0.4, 0.5) is 0 Å². The minimum absolute atomic E-state index is 0.532. The molecule has 2 fully saturated rings. The predicted octanol–water partition coefficient (Wildman–Crippen LogP) is 4.27. The maximum Gasteiger partial charge on any atom is 0.123 e. The fourth-order valence-electron chi connectivity index (χ4n) is 4.53. The number of aryl methyl sites for hydroxylation is 1. The van der Waals surface area contributed by atoms with Gasteiger partial charge in [-0.05, 0) is 45.7 Å². The zero-order valence-electron chi connectivity index (χ0n) is 14.1. The second-order valence-electron chi connectivity index (χ2n) is 7.31. The van der Waals surface area contributed by atoms with Crippen LogP contribution in [0.3, 0.4) is 0 Å². The highest BCUT2D eigenvalue weighted by molar-refractivity contribution is 7.14. The summed E-state index contributed by atoms with van der Waals surface area (Å²) in [4.78, 5) is 8.39. The summed E-state index contributed by atoms with van der Waals surface area (Å²) in [5.74, 6) is 0. The van der Waals surface area contributed by atoms with E-state index in [1.807, 2.05) is 12.4 Å². The molecule has 2 saturated heterocycles. The molecule has 2 atom stereocenters. The third-order valence-electron chi connectivity index (χ3n) is 5.89. The first-order chi connectivity index (χ1) is 11.7. The zero-order valence-corrected chi connectivity index (χ0v) is 15.0. The molecule has 5 heteroatoms. The number of piperidine rings is 1. The van der Waals surface area contributed by atoms with E-state index in [1.54, 1.807) is 11.3 Å². The molecule has 2 aliphatic rings. The number of fused-ring (bicyclic) bond motifs is 3. The second kappa shape index (κ2) is 5.39. The monoisotopic (exact) mass is 338 g/mol. The summed E-state index contributed by atoms with van der Waals surface area (Å²) in [5.41, 5.74) is 2.47. The van der Waals surface area contributed by atoms with Crippen molar-refractivity contribution in [3.8, 4) is 10.6 Å². The Balaban J connectivity index is 1.55. The Morgan fingerprint density at radius 2 is 1.88 bits per heavy atom. The normalized spacial score (nSPS) is 27.2. The van der Waals surface area contributed by atoms with E-state index in [1.165, 1.54) is 47.0 Å². The molecule has 4 nitrogen and oxygen atoms in total. The Bertz CT molecular complexity index is 882. The molecule has 0 saturated carbocycles. The van der Waals surface area contributed by atoms with Gasteiger partial charge in [0.1, 0.15) is 5.01 Å². The van der Waals surface area contributed by atoms with Crippen molar-refractivity contribution in [1.29, 1.82) is 0 Å². The Hall–Kier alpha value is -1.72. The minimum atomic E-state index is 0.532. The summed E-state index contributed by atoms with van der Waals surface area (Å²) in [6.45, 7) is 2.11. The van der Waals surface area contributed by atoms with E-state index < -0.39 is 0 Å². The van der Waals surface area contributed by atoms with Crippen LogP contribution in [0.2, 0.25) is 0 Å². The molecule has 0 amide bonds. The van der Waals surface area contributed by atoms with Crippen molar-refractivity contribution in [2.45, 2.75) is 50.7 Å². The van der Waals surface area contributed by atoms with Crippen LogP contribution in [0.25, 0.3) is 21.5 Å². The number of hydrogen-bond acceptors (Lipinski definition) is 4. The Morgan fingerprint density at radius 1 is 1.08 bits per heavy atom. The SMILES string of the molecule is Cc1cnc(-c2ccc3cnn(C4CC5CCC(C4)N5C)c3c2)s1. The quantitative estimate of drug-likeness (QED) is 0.700. The van der Waals surface area contributed by atoms with Crippen molar-refractivity contribution in [2.24, 2.45) is 0 Å². The van der Waals surface area contributed by atoms with E-state index >= 15 is 0 Å². The molecule has 0 radical (unpaired) electrons. The van der Waals surface area contributed by atoms with Gasteiger partial charge in [-0.2, -0.15) is 5.10 Å². The molecule has 2 bridgehead atoms.